The quantitative estimate of drug-likeness (QED) is 0.135. The van der Waals surface area contributed by atoms with E-state index in [0.29, 0.717) is 15.5 Å². The van der Waals surface area contributed by atoms with Crippen LogP contribution in [0.3, 0.4) is 0 Å². The Morgan fingerprint density at radius 3 is 0.840 bits per heavy atom. The minimum atomic E-state index is 0. The van der Waals surface area contributed by atoms with E-state index in [9.17, 15) is 0 Å². The third-order valence-corrected chi connectivity index (χ3v) is 131. The monoisotopic (exact) mass is 1420 g/mol. The zero-order valence-electron chi connectivity index (χ0n) is 31.5. The van der Waals surface area contributed by atoms with E-state index in [4.69, 9.17) is 0 Å². The van der Waals surface area contributed by atoms with E-state index in [1.807, 2.05) is 0 Å². The summed E-state index contributed by atoms with van der Waals surface area (Å²) < 4.78 is 0. The zero-order chi connectivity index (χ0) is 40.0. The van der Waals surface area contributed by atoms with Crippen LogP contribution in [0, 0.1) is 11.3 Å². The summed E-state index contributed by atoms with van der Waals surface area (Å²) >= 11 is 0. The van der Waals surface area contributed by atoms with Crippen LogP contribution < -0.4 is 0 Å². The Labute approximate surface area is 386 Å². The Kier molecular flexibility index (Phi) is 70.1. The Morgan fingerprint density at radius 2 is 0.800 bits per heavy atom. The summed E-state index contributed by atoms with van der Waals surface area (Å²) in [5.74, 6) is 0. The summed E-state index contributed by atoms with van der Waals surface area (Å²) in [7, 11) is 50.2. The first kappa shape index (κ1) is 77.8. The molecule has 0 aromatic rings. The molecule has 0 aromatic carbocycles. The van der Waals surface area contributed by atoms with Crippen molar-refractivity contribution in [1.29, 1.82) is 0 Å². The third kappa shape index (κ3) is 48.1. The van der Waals surface area contributed by atoms with E-state index >= 15 is 0 Å². The molecule has 0 aliphatic heterocycles. The fourth-order valence-corrected chi connectivity index (χ4v) is 159. The molecule has 0 fully saturated rings. The van der Waals surface area contributed by atoms with Gasteiger partial charge in [0, 0.05) is 0 Å². The minimum absolute atomic E-state index is 0. The Bertz CT molecular complexity index is 692. The molecule has 0 nitrogen and oxygen atoms in total. The van der Waals surface area contributed by atoms with Gasteiger partial charge in [-0.1, -0.05) is 138 Å². The van der Waals surface area contributed by atoms with Gasteiger partial charge in [0.25, 0.3) is 0 Å². The van der Waals surface area contributed by atoms with E-state index in [-0.39, 0.29) is 99.6 Å². The largest absolute Gasteiger partial charge is 2.00 e. The maximum Gasteiger partial charge on any atom is 2.00 e. The molecule has 0 spiro atoms. The van der Waals surface area contributed by atoms with Crippen molar-refractivity contribution in [3.05, 3.63) is 11.3 Å². The number of hydrogen-bond acceptors (Lipinski definition) is 0. The predicted molar refractivity (Wildman–Crippen MR) is 352 cm³/mol. The summed E-state index contributed by atoms with van der Waals surface area (Å²) in [4.78, 5) is 0. The fraction of sp³-hybridized carbons (Fsp3) is 0.895. The molecular formula is C19H78P30W. The molecule has 310 valence electrons. The Morgan fingerprint density at radius 1 is 0.460 bits per heavy atom. The molecule has 0 saturated heterocycles. The maximum atomic E-state index is 3.04. The van der Waals surface area contributed by atoms with Crippen molar-refractivity contribution in [2.75, 3.05) is 0 Å². The van der Waals surface area contributed by atoms with E-state index in [1.165, 1.54) is 0 Å². The molecule has 26 atom stereocenters. The Hall–Kier alpha value is 13.6. The minimum Gasteiger partial charge on any atom is -0.284 e. The standard InChI is InChI=1S/C4H16P6.C4H14P4.C4H12P2.C3H17P10.C3H15P8.CH4.W/c1-4(2,3)9(8-5)10(6)7;1-4(2,3)8(6)7-5;1-4(2,3)6-5;1-3(2)10(11(5)6)13(9-4)12(7)8;1-3(2)9(10(5)6)11(7)8-4;;/h8H,5-7H2,1-3H3;7H,5-6H2,1-3H3;6H,5H2,1-3H3;9H,4-8H2,1-2H3;8H,4-7H2,1-2H3;1H4;/q;;;2*-1;;+2. The molecule has 0 saturated carbocycles. The van der Waals surface area contributed by atoms with E-state index < -0.39 is 0 Å². The van der Waals surface area contributed by atoms with E-state index in [2.05, 4.69) is 224 Å². The van der Waals surface area contributed by atoms with Gasteiger partial charge in [-0.05, 0) is 43.7 Å². The van der Waals surface area contributed by atoms with Crippen LogP contribution in [-0.4, -0.2) is 15.5 Å². The second-order valence-electron chi connectivity index (χ2n) is 12.6. The van der Waals surface area contributed by atoms with Gasteiger partial charge in [-0.25, -0.2) is 0 Å². The molecule has 0 radical (unpaired) electrons. The summed E-state index contributed by atoms with van der Waals surface area (Å²) in [5, 5.41) is 1.59. The van der Waals surface area contributed by atoms with Gasteiger partial charge in [0.2, 0.25) is 0 Å². The van der Waals surface area contributed by atoms with Gasteiger partial charge in [-0.15, -0.1) is 134 Å². The zero-order valence-corrected chi connectivity index (χ0v) is 65.7. The fourth-order valence-electron chi connectivity index (χ4n) is 2.15. The molecule has 0 aliphatic carbocycles. The summed E-state index contributed by atoms with van der Waals surface area (Å²) in [6.45, 7) is 30.7. The summed E-state index contributed by atoms with van der Waals surface area (Å²) in [6.07, 6.45) is 0. The van der Waals surface area contributed by atoms with Crippen molar-refractivity contribution in [3.63, 3.8) is 0 Å². The SMILES string of the molecule is C.CC(C)(C)P(P)PP.CC(C)(C)P(PP)P(P)P.CC(C)(C)PP.C[C-](C)P(P(P)P)P(P)PP.C[C-](C)P(P(P)P)P(PP)P(P)P.[W+2]. The molecule has 0 aromatic heterocycles. The van der Waals surface area contributed by atoms with Gasteiger partial charge >= 0.3 is 21.1 Å². The van der Waals surface area contributed by atoms with Crippen LogP contribution in [0.15, 0.2) is 0 Å². The van der Waals surface area contributed by atoms with Gasteiger partial charge in [-0.3, -0.25) is 11.3 Å². The van der Waals surface area contributed by atoms with Crippen molar-refractivity contribution in [2.24, 2.45) is 0 Å². The number of hydrogen-bond donors (Lipinski definition) is 0. The molecule has 0 N–H and O–H groups in total. The van der Waals surface area contributed by atoms with Crippen LogP contribution in [-0.2, 0) is 21.1 Å². The number of rotatable bonds is 12. The smallest absolute Gasteiger partial charge is 0.284 e. The average molecular weight is 1420 g/mol. The second-order valence-corrected chi connectivity index (χ2v) is 107. The summed E-state index contributed by atoms with van der Waals surface area (Å²) in [6, 6.07) is 0. The van der Waals surface area contributed by atoms with E-state index in [1.54, 1.807) is 11.3 Å². The normalized spacial score (nSPS) is 16.7. The first-order valence-electron chi connectivity index (χ1n) is 13.8. The molecule has 50 heavy (non-hydrogen) atoms. The van der Waals surface area contributed by atoms with Crippen LogP contribution >= 0.6 is 245 Å². The maximum absolute atomic E-state index is 3.04. The Balaban J connectivity index is -0.0000000934. The van der Waals surface area contributed by atoms with Gasteiger partial charge in [0.15, 0.2) is 0 Å². The van der Waals surface area contributed by atoms with Crippen molar-refractivity contribution in [1.82, 2.24) is 0 Å². The molecule has 26 unspecified atom stereocenters. The third-order valence-electron chi connectivity index (χ3n) is 4.37. The van der Waals surface area contributed by atoms with Gasteiger partial charge < -0.3 is 0 Å². The van der Waals surface area contributed by atoms with Crippen molar-refractivity contribution >= 4 is 245 Å². The first-order chi connectivity index (χ1) is 21.3. The van der Waals surface area contributed by atoms with Crippen LogP contribution in [0.4, 0.5) is 0 Å². The van der Waals surface area contributed by atoms with Crippen molar-refractivity contribution in [3.8, 4) is 0 Å². The van der Waals surface area contributed by atoms with Crippen LogP contribution in [0.2, 0.25) is 0 Å². The first-order valence-corrected chi connectivity index (χ1v) is 65.0. The molecule has 0 heterocycles. The molecule has 31 heteroatoms. The van der Waals surface area contributed by atoms with Crippen LogP contribution in [0.5, 0.6) is 0 Å². The predicted octanol–water partition coefficient (Wildman–Crippen LogP) is 23.3. The van der Waals surface area contributed by atoms with Gasteiger partial charge in [-0.2, -0.15) is 42.3 Å². The summed E-state index contributed by atoms with van der Waals surface area (Å²) in [5.41, 5.74) is 3.32. The molecule has 0 amide bonds. The molecule has 0 bridgehead atoms. The van der Waals surface area contributed by atoms with Gasteiger partial charge in [0.05, 0.1) is 0 Å². The van der Waals surface area contributed by atoms with Crippen molar-refractivity contribution in [2.45, 2.75) is 113 Å². The van der Waals surface area contributed by atoms with Crippen LogP contribution in [0.1, 0.15) is 97.4 Å². The average Bonchev–Trinajstić information content (AvgIpc) is 2.89. The van der Waals surface area contributed by atoms with E-state index in [0.717, 1.165) is 40.1 Å². The second kappa shape index (κ2) is 45.1. The topological polar surface area (TPSA) is 0 Å². The molecular weight excluding hydrogens is 1340 g/mol. The molecule has 0 aliphatic rings. The van der Waals surface area contributed by atoms with Crippen LogP contribution in [0.25, 0.3) is 0 Å². The van der Waals surface area contributed by atoms with Gasteiger partial charge in [0.1, 0.15) is 0 Å². The molecule has 0 rings (SSSR count). The van der Waals surface area contributed by atoms with Crippen molar-refractivity contribution < 1.29 is 21.1 Å².